The molecule has 80 valence electrons. The normalized spacial score (nSPS) is 10.7. The highest BCUT2D eigenvalue weighted by Gasteiger charge is 1.99. The Morgan fingerprint density at radius 3 is 3.00 bits per heavy atom. The topological polar surface area (TPSA) is 42.7 Å². The Labute approximate surface area is 89.5 Å². The zero-order valence-corrected chi connectivity index (χ0v) is 9.68. The molecule has 1 N–H and O–H groups in total. The second-order valence-corrected chi connectivity index (χ2v) is 4.18. The fourth-order valence-corrected chi connectivity index (χ4v) is 1.84. The molecule has 1 aromatic heterocycles. The number of unbranched alkanes of at least 4 members (excludes halogenated alkanes) is 1. The molecule has 0 saturated carbocycles. The summed E-state index contributed by atoms with van der Waals surface area (Å²) in [4.78, 5) is 4.14. The first-order valence-electron chi connectivity index (χ1n) is 5.02. The zero-order valence-electron chi connectivity index (χ0n) is 8.86. The second-order valence-electron chi connectivity index (χ2n) is 3.12. The van der Waals surface area contributed by atoms with Crippen LogP contribution in [0.5, 0.6) is 0 Å². The summed E-state index contributed by atoms with van der Waals surface area (Å²) < 4.78 is 1.80. The molecular formula is C9H18N4S. The average Bonchev–Trinajstić information content (AvgIpc) is 2.58. The number of aryl methyl sites for hydroxylation is 1. The molecule has 0 aliphatic rings. The maximum Gasteiger partial charge on any atom is 0.185 e. The van der Waals surface area contributed by atoms with E-state index in [1.165, 1.54) is 12.8 Å². The van der Waals surface area contributed by atoms with E-state index in [1.807, 2.05) is 7.05 Å². The van der Waals surface area contributed by atoms with Crippen LogP contribution in [-0.2, 0) is 7.05 Å². The van der Waals surface area contributed by atoms with Crippen molar-refractivity contribution in [3.05, 3.63) is 6.33 Å². The number of thioether (sulfide) groups is 1. The molecule has 1 aromatic rings. The molecular weight excluding hydrogens is 196 g/mol. The van der Waals surface area contributed by atoms with Gasteiger partial charge in [0, 0.05) is 19.3 Å². The van der Waals surface area contributed by atoms with Gasteiger partial charge in [-0.1, -0.05) is 25.1 Å². The van der Waals surface area contributed by atoms with Gasteiger partial charge in [-0.3, -0.25) is 0 Å². The van der Waals surface area contributed by atoms with Crippen LogP contribution in [0.3, 0.4) is 0 Å². The molecule has 1 heterocycles. The largest absolute Gasteiger partial charge is 0.316 e. The number of aromatic nitrogens is 3. The van der Waals surface area contributed by atoms with Gasteiger partial charge in [-0.15, -0.1) is 0 Å². The van der Waals surface area contributed by atoms with Crippen LogP contribution in [0.2, 0.25) is 0 Å². The predicted molar refractivity (Wildman–Crippen MR) is 59.5 cm³/mol. The molecule has 0 amide bonds. The fraction of sp³-hybridized carbons (Fsp3) is 0.778. The molecule has 0 aliphatic heterocycles. The molecule has 0 atom stereocenters. The van der Waals surface area contributed by atoms with Gasteiger partial charge in [0.15, 0.2) is 5.16 Å². The van der Waals surface area contributed by atoms with E-state index < -0.39 is 0 Å². The minimum absolute atomic E-state index is 0.988. The number of hydrogen-bond donors (Lipinski definition) is 1. The summed E-state index contributed by atoms with van der Waals surface area (Å²) in [6.45, 7) is 4.36. The smallest absolute Gasteiger partial charge is 0.185 e. The van der Waals surface area contributed by atoms with Crippen molar-refractivity contribution in [1.82, 2.24) is 20.1 Å². The van der Waals surface area contributed by atoms with Crippen LogP contribution < -0.4 is 5.32 Å². The molecule has 0 aliphatic carbocycles. The standard InChI is InChI=1S/C9H18N4S/c1-3-4-5-10-6-7-14-9-11-8-12-13(9)2/h8,10H,3-7H2,1-2H3. The molecule has 0 fully saturated rings. The second kappa shape index (κ2) is 6.84. The maximum atomic E-state index is 4.14. The Kier molecular flexibility index (Phi) is 5.63. The predicted octanol–water partition coefficient (Wildman–Crippen LogP) is 1.30. The highest BCUT2D eigenvalue weighted by Crippen LogP contribution is 2.11. The molecule has 14 heavy (non-hydrogen) atoms. The maximum absolute atomic E-state index is 4.14. The van der Waals surface area contributed by atoms with Crippen LogP contribution in [0.25, 0.3) is 0 Å². The number of rotatable bonds is 7. The van der Waals surface area contributed by atoms with Crippen LogP contribution in [-0.4, -0.2) is 33.6 Å². The van der Waals surface area contributed by atoms with E-state index in [1.54, 1.807) is 22.8 Å². The van der Waals surface area contributed by atoms with Crippen molar-refractivity contribution in [3.8, 4) is 0 Å². The lowest BCUT2D eigenvalue weighted by Gasteiger charge is -2.02. The van der Waals surface area contributed by atoms with Crippen molar-refractivity contribution >= 4 is 11.8 Å². The Bertz CT molecular complexity index is 249. The van der Waals surface area contributed by atoms with E-state index in [0.717, 1.165) is 24.0 Å². The van der Waals surface area contributed by atoms with E-state index >= 15 is 0 Å². The van der Waals surface area contributed by atoms with Gasteiger partial charge in [-0.05, 0) is 13.0 Å². The summed E-state index contributed by atoms with van der Waals surface area (Å²) in [5.74, 6) is 1.05. The van der Waals surface area contributed by atoms with Crippen LogP contribution in [0.15, 0.2) is 11.5 Å². The van der Waals surface area contributed by atoms with E-state index in [4.69, 9.17) is 0 Å². The molecule has 0 unspecified atom stereocenters. The SMILES string of the molecule is CCCCNCCSc1ncnn1C. The average molecular weight is 214 g/mol. The van der Waals surface area contributed by atoms with Gasteiger partial charge in [0.05, 0.1) is 0 Å². The number of hydrogen-bond acceptors (Lipinski definition) is 4. The Morgan fingerprint density at radius 1 is 1.50 bits per heavy atom. The van der Waals surface area contributed by atoms with Gasteiger partial charge in [-0.2, -0.15) is 5.10 Å². The van der Waals surface area contributed by atoms with Gasteiger partial charge in [0.2, 0.25) is 0 Å². The lowest BCUT2D eigenvalue weighted by atomic mass is 10.3. The van der Waals surface area contributed by atoms with Crippen molar-refractivity contribution in [2.75, 3.05) is 18.8 Å². The van der Waals surface area contributed by atoms with E-state index in [2.05, 4.69) is 22.3 Å². The molecule has 0 radical (unpaired) electrons. The van der Waals surface area contributed by atoms with Crippen LogP contribution in [0.1, 0.15) is 19.8 Å². The first-order chi connectivity index (χ1) is 6.84. The molecule has 1 rings (SSSR count). The van der Waals surface area contributed by atoms with Crippen molar-refractivity contribution in [2.45, 2.75) is 24.9 Å². The fourth-order valence-electron chi connectivity index (χ4n) is 1.06. The van der Waals surface area contributed by atoms with Gasteiger partial charge < -0.3 is 5.32 Å². The quantitative estimate of drug-likeness (QED) is 0.549. The highest BCUT2D eigenvalue weighted by molar-refractivity contribution is 7.99. The first-order valence-corrected chi connectivity index (χ1v) is 6.00. The summed E-state index contributed by atoms with van der Waals surface area (Å²) in [6.07, 6.45) is 4.10. The molecule has 0 spiro atoms. The first kappa shape index (κ1) is 11.5. The van der Waals surface area contributed by atoms with Gasteiger partial charge in [0.1, 0.15) is 6.33 Å². The van der Waals surface area contributed by atoms with Gasteiger partial charge in [-0.25, -0.2) is 9.67 Å². The van der Waals surface area contributed by atoms with Crippen molar-refractivity contribution in [2.24, 2.45) is 7.05 Å². The van der Waals surface area contributed by atoms with E-state index in [-0.39, 0.29) is 0 Å². The summed E-state index contributed by atoms with van der Waals surface area (Å²) >= 11 is 1.74. The van der Waals surface area contributed by atoms with Crippen LogP contribution in [0.4, 0.5) is 0 Å². The van der Waals surface area contributed by atoms with Gasteiger partial charge in [0.25, 0.3) is 0 Å². The van der Waals surface area contributed by atoms with Crippen molar-refractivity contribution < 1.29 is 0 Å². The van der Waals surface area contributed by atoms with E-state index in [0.29, 0.717) is 0 Å². The molecule has 4 nitrogen and oxygen atoms in total. The summed E-state index contributed by atoms with van der Waals surface area (Å²) in [7, 11) is 1.92. The highest BCUT2D eigenvalue weighted by atomic mass is 32.2. The van der Waals surface area contributed by atoms with Crippen LogP contribution >= 0.6 is 11.8 Å². The van der Waals surface area contributed by atoms with Crippen LogP contribution in [0, 0.1) is 0 Å². The molecule has 0 bridgehead atoms. The summed E-state index contributed by atoms with van der Waals surface area (Å²) in [5.41, 5.74) is 0. The lowest BCUT2D eigenvalue weighted by Crippen LogP contribution is -2.18. The van der Waals surface area contributed by atoms with E-state index in [9.17, 15) is 0 Å². The lowest BCUT2D eigenvalue weighted by molar-refractivity contribution is 0.662. The van der Waals surface area contributed by atoms with Crippen molar-refractivity contribution in [1.29, 1.82) is 0 Å². The minimum Gasteiger partial charge on any atom is -0.316 e. The Hall–Kier alpha value is -0.550. The third kappa shape index (κ3) is 4.11. The number of nitrogens with zero attached hydrogens (tertiary/aromatic N) is 3. The zero-order chi connectivity index (χ0) is 10.2. The Balaban J connectivity index is 2.02. The third-order valence-corrected chi connectivity index (χ3v) is 2.92. The molecule has 0 aromatic carbocycles. The van der Waals surface area contributed by atoms with Gasteiger partial charge >= 0.3 is 0 Å². The molecule has 5 heteroatoms. The minimum atomic E-state index is 0.988. The monoisotopic (exact) mass is 214 g/mol. The molecule has 0 saturated heterocycles. The summed E-state index contributed by atoms with van der Waals surface area (Å²) in [5, 5.41) is 8.39. The number of nitrogens with one attached hydrogen (secondary N) is 1. The summed E-state index contributed by atoms with van der Waals surface area (Å²) in [6, 6.07) is 0. The Morgan fingerprint density at radius 2 is 2.36 bits per heavy atom. The third-order valence-electron chi connectivity index (χ3n) is 1.89. The van der Waals surface area contributed by atoms with Crippen molar-refractivity contribution in [3.63, 3.8) is 0 Å².